The highest BCUT2D eigenvalue weighted by molar-refractivity contribution is 9.10. The SMILES string of the molecule is COc1ccc([C@@H](C)NC(=O)CN(Cc2ccccc2)S(=O)(=O)c2ccc(Br)cc2)cc1OC. The van der Waals surface area contributed by atoms with Gasteiger partial charge in [0.2, 0.25) is 15.9 Å². The summed E-state index contributed by atoms with van der Waals surface area (Å²) in [6, 6.07) is 20.5. The zero-order valence-corrected chi connectivity index (χ0v) is 21.6. The van der Waals surface area contributed by atoms with E-state index in [0.717, 1.165) is 15.6 Å². The van der Waals surface area contributed by atoms with Crippen LogP contribution in [0.3, 0.4) is 0 Å². The van der Waals surface area contributed by atoms with Gasteiger partial charge in [-0.3, -0.25) is 4.79 Å². The van der Waals surface area contributed by atoms with E-state index in [1.54, 1.807) is 38.5 Å². The van der Waals surface area contributed by atoms with Crippen LogP contribution in [-0.2, 0) is 21.4 Å². The number of amides is 1. The molecule has 3 aromatic carbocycles. The van der Waals surface area contributed by atoms with Crippen molar-refractivity contribution in [1.82, 2.24) is 9.62 Å². The molecule has 1 N–H and O–H groups in total. The largest absolute Gasteiger partial charge is 0.493 e. The Morgan fingerprint density at radius 1 is 0.971 bits per heavy atom. The number of nitrogens with one attached hydrogen (secondary N) is 1. The van der Waals surface area contributed by atoms with Crippen LogP contribution >= 0.6 is 15.9 Å². The molecule has 0 aromatic heterocycles. The summed E-state index contributed by atoms with van der Waals surface area (Å²) in [5.41, 5.74) is 1.58. The minimum atomic E-state index is -3.92. The fourth-order valence-corrected chi connectivity index (χ4v) is 5.07. The number of benzene rings is 3. The number of ether oxygens (including phenoxy) is 2. The molecule has 0 radical (unpaired) electrons. The Kier molecular flexibility index (Phi) is 8.71. The quantitative estimate of drug-likeness (QED) is 0.403. The molecule has 3 aromatic rings. The van der Waals surface area contributed by atoms with E-state index in [1.165, 1.54) is 16.4 Å². The van der Waals surface area contributed by atoms with Crippen molar-refractivity contribution in [2.75, 3.05) is 20.8 Å². The summed E-state index contributed by atoms with van der Waals surface area (Å²) in [6.45, 7) is 1.56. The lowest BCUT2D eigenvalue weighted by atomic mass is 10.1. The first-order chi connectivity index (χ1) is 16.2. The van der Waals surface area contributed by atoms with E-state index in [0.29, 0.717) is 11.5 Å². The molecule has 0 heterocycles. The van der Waals surface area contributed by atoms with Crippen LogP contribution in [0.25, 0.3) is 0 Å². The molecular weight excluding hydrogens is 520 g/mol. The van der Waals surface area contributed by atoms with Crippen molar-refractivity contribution in [3.05, 3.63) is 88.4 Å². The Balaban J connectivity index is 1.81. The number of rotatable bonds is 10. The highest BCUT2D eigenvalue weighted by Gasteiger charge is 2.27. The molecule has 0 aliphatic carbocycles. The summed E-state index contributed by atoms with van der Waals surface area (Å²) in [5.74, 6) is 0.711. The van der Waals surface area contributed by atoms with Gasteiger partial charge in [0.15, 0.2) is 11.5 Å². The van der Waals surface area contributed by atoms with Gasteiger partial charge in [0.1, 0.15) is 0 Å². The third-order valence-electron chi connectivity index (χ3n) is 5.26. The van der Waals surface area contributed by atoms with Gasteiger partial charge in [-0.15, -0.1) is 0 Å². The Morgan fingerprint density at radius 3 is 2.24 bits per heavy atom. The summed E-state index contributed by atoms with van der Waals surface area (Å²) < 4.78 is 39.3. The summed E-state index contributed by atoms with van der Waals surface area (Å²) >= 11 is 3.32. The van der Waals surface area contributed by atoms with Crippen molar-refractivity contribution in [2.24, 2.45) is 0 Å². The molecule has 0 unspecified atom stereocenters. The maximum absolute atomic E-state index is 13.4. The van der Waals surface area contributed by atoms with E-state index in [2.05, 4.69) is 21.2 Å². The fourth-order valence-electron chi connectivity index (χ4n) is 3.42. The van der Waals surface area contributed by atoms with Crippen molar-refractivity contribution in [3.8, 4) is 11.5 Å². The normalized spacial score (nSPS) is 12.3. The van der Waals surface area contributed by atoms with E-state index < -0.39 is 15.9 Å². The molecule has 0 saturated heterocycles. The second-order valence-corrected chi connectivity index (χ2v) is 10.5. The maximum Gasteiger partial charge on any atom is 0.243 e. The third-order valence-corrected chi connectivity index (χ3v) is 7.59. The van der Waals surface area contributed by atoms with Crippen molar-refractivity contribution in [1.29, 1.82) is 0 Å². The average molecular weight is 547 g/mol. The zero-order valence-electron chi connectivity index (χ0n) is 19.2. The average Bonchev–Trinajstić information content (AvgIpc) is 2.84. The first-order valence-electron chi connectivity index (χ1n) is 10.6. The molecular formula is C25H27BrN2O5S. The minimum absolute atomic E-state index is 0.0669. The number of nitrogens with zero attached hydrogens (tertiary/aromatic N) is 1. The van der Waals surface area contributed by atoms with Crippen LogP contribution < -0.4 is 14.8 Å². The van der Waals surface area contributed by atoms with Crippen molar-refractivity contribution < 1.29 is 22.7 Å². The number of halogens is 1. The number of hydrogen-bond acceptors (Lipinski definition) is 5. The fraction of sp³-hybridized carbons (Fsp3) is 0.240. The van der Waals surface area contributed by atoms with Gasteiger partial charge in [-0.05, 0) is 54.4 Å². The van der Waals surface area contributed by atoms with Crippen molar-refractivity contribution >= 4 is 31.9 Å². The van der Waals surface area contributed by atoms with Gasteiger partial charge in [0.25, 0.3) is 0 Å². The second-order valence-electron chi connectivity index (χ2n) is 7.62. The van der Waals surface area contributed by atoms with Crippen molar-refractivity contribution in [3.63, 3.8) is 0 Å². The van der Waals surface area contributed by atoms with Crippen LogP contribution in [-0.4, -0.2) is 39.4 Å². The second kappa shape index (κ2) is 11.5. The van der Waals surface area contributed by atoms with Crippen LogP contribution in [0.2, 0.25) is 0 Å². The standard InChI is InChI=1S/C25H27BrN2O5S/c1-18(20-9-14-23(32-2)24(15-20)33-3)27-25(29)17-28(16-19-7-5-4-6-8-19)34(30,31)22-12-10-21(26)11-13-22/h4-15,18H,16-17H2,1-3H3,(H,27,29)/t18-/m1/s1. The van der Waals surface area contributed by atoms with Gasteiger partial charge in [-0.2, -0.15) is 4.31 Å². The number of carbonyl (C=O) groups is 1. The molecule has 0 saturated carbocycles. The number of sulfonamides is 1. The lowest BCUT2D eigenvalue weighted by molar-refractivity contribution is -0.122. The van der Waals surface area contributed by atoms with Crippen LogP contribution in [0.15, 0.2) is 82.2 Å². The van der Waals surface area contributed by atoms with Crippen LogP contribution in [0.1, 0.15) is 24.1 Å². The third kappa shape index (κ3) is 6.37. The van der Waals surface area contributed by atoms with Gasteiger partial charge in [0, 0.05) is 11.0 Å². The minimum Gasteiger partial charge on any atom is -0.493 e. The molecule has 9 heteroatoms. The van der Waals surface area contributed by atoms with E-state index >= 15 is 0 Å². The Morgan fingerprint density at radius 2 is 1.62 bits per heavy atom. The van der Waals surface area contributed by atoms with E-state index in [4.69, 9.17) is 9.47 Å². The Hall–Kier alpha value is -2.88. The molecule has 34 heavy (non-hydrogen) atoms. The lowest BCUT2D eigenvalue weighted by Crippen LogP contribution is -2.41. The number of hydrogen-bond donors (Lipinski definition) is 1. The molecule has 180 valence electrons. The molecule has 1 atom stereocenters. The van der Waals surface area contributed by atoms with Crippen LogP contribution in [0.4, 0.5) is 0 Å². The topological polar surface area (TPSA) is 84.9 Å². The van der Waals surface area contributed by atoms with E-state index in [-0.39, 0.29) is 24.0 Å². The van der Waals surface area contributed by atoms with Gasteiger partial charge in [-0.25, -0.2) is 8.42 Å². The maximum atomic E-state index is 13.4. The number of carbonyl (C=O) groups excluding carboxylic acids is 1. The van der Waals surface area contributed by atoms with E-state index in [1.807, 2.05) is 43.3 Å². The number of methoxy groups -OCH3 is 2. The first-order valence-corrected chi connectivity index (χ1v) is 12.8. The predicted octanol–water partition coefficient (Wildman–Crippen LogP) is 4.53. The first kappa shape index (κ1) is 25.7. The van der Waals surface area contributed by atoms with Gasteiger partial charge >= 0.3 is 0 Å². The highest BCUT2D eigenvalue weighted by Crippen LogP contribution is 2.30. The molecule has 0 spiro atoms. The smallest absolute Gasteiger partial charge is 0.243 e. The molecule has 0 aliphatic heterocycles. The van der Waals surface area contributed by atoms with Gasteiger partial charge < -0.3 is 14.8 Å². The molecule has 0 bridgehead atoms. The lowest BCUT2D eigenvalue weighted by Gasteiger charge is -2.23. The Bertz CT molecular complexity index is 1220. The predicted molar refractivity (Wildman–Crippen MR) is 134 cm³/mol. The van der Waals surface area contributed by atoms with Crippen LogP contribution in [0, 0.1) is 0 Å². The molecule has 0 aliphatic rings. The van der Waals surface area contributed by atoms with Gasteiger partial charge in [-0.1, -0.05) is 52.3 Å². The summed E-state index contributed by atoms with van der Waals surface area (Å²) in [5, 5.41) is 2.88. The van der Waals surface area contributed by atoms with Crippen LogP contribution in [0.5, 0.6) is 11.5 Å². The zero-order chi connectivity index (χ0) is 24.7. The molecule has 1 amide bonds. The Labute approximate surface area is 208 Å². The highest BCUT2D eigenvalue weighted by atomic mass is 79.9. The molecule has 7 nitrogen and oxygen atoms in total. The van der Waals surface area contributed by atoms with E-state index in [9.17, 15) is 13.2 Å². The summed E-state index contributed by atoms with van der Waals surface area (Å²) in [7, 11) is -0.824. The molecule has 3 rings (SSSR count). The van der Waals surface area contributed by atoms with Gasteiger partial charge in [0.05, 0.1) is 31.7 Å². The molecule has 0 fully saturated rings. The van der Waals surface area contributed by atoms with Crippen molar-refractivity contribution in [2.45, 2.75) is 24.4 Å². The monoisotopic (exact) mass is 546 g/mol. The summed E-state index contributed by atoms with van der Waals surface area (Å²) in [4.78, 5) is 13.1. The summed E-state index contributed by atoms with van der Waals surface area (Å²) in [6.07, 6.45) is 0.